The smallest absolute Gasteiger partial charge is 0.141 e. The zero-order valence-corrected chi connectivity index (χ0v) is 11.7. The second-order valence-corrected chi connectivity index (χ2v) is 5.85. The number of nitrogens with one attached hydrogen (secondary N) is 1. The van der Waals surface area contributed by atoms with Gasteiger partial charge in [0.05, 0.1) is 17.7 Å². The molecule has 0 saturated carbocycles. The van der Waals surface area contributed by atoms with Crippen molar-refractivity contribution in [3.05, 3.63) is 28.3 Å². The lowest BCUT2D eigenvalue weighted by Gasteiger charge is -2.20. The van der Waals surface area contributed by atoms with Gasteiger partial charge in [0, 0.05) is 6.04 Å². The second kappa shape index (κ2) is 5.70. The number of aryl methyl sites for hydroxylation is 1. The Morgan fingerprint density at radius 1 is 1.32 bits per heavy atom. The van der Waals surface area contributed by atoms with Crippen LogP contribution in [0, 0.1) is 0 Å². The monoisotopic (exact) mass is 281 g/mol. The van der Waals surface area contributed by atoms with Crippen molar-refractivity contribution in [3.8, 4) is 5.75 Å². The summed E-state index contributed by atoms with van der Waals surface area (Å²) in [6.07, 6.45) is 4.83. The molecule has 1 aromatic rings. The van der Waals surface area contributed by atoms with Crippen molar-refractivity contribution in [2.24, 2.45) is 0 Å². The van der Waals surface area contributed by atoms with Gasteiger partial charge in [-0.1, -0.05) is 11.6 Å². The number of fused-ring (bicyclic) bond motifs is 1. The first-order valence-corrected chi connectivity index (χ1v) is 7.50. The number of benzene rings is 1. The molecule has 0 aliphatic carbocycles. The van der Waals surface area contributed by atoms with Gasteiger partial charge in [-0.05, 0) is 61.9 Å². The third kappa shape index (κ3) is 2.73. The molecule has 2 aliphatic rings. The molecule has 2 atom stereocenters. The number of hydrogen-bond donors (Lipinski definition) is 2. The summed E-state index contributed by atoms with van der Waals surface area (Å²) in [5.41, 5.74) is 2.05. The Kier molecular flexibility index (Phi) is 3.96. The fourth-order valence-electron chi connectivity index (χ4n) is 3.00. The Hall–Kier alpha value is -0.770. The molecule has 2 N–H and O–H groups in total. The van der Waals surface area contributed by atoms with E-state index in [9.17, 15) is 5.11 Å². The maximum absolute atomic E-state index is 10.5. The van der Waals surface area contributed by atoms with E-state index in [1.807, 2.05) is 6.07 Å². The maximum Gasteiger partial charge on any atom is 0.141 e. The molecule has 3 nitrogen and oxygen atoms in total. The van der Waals surface area contributed by atoms with Gasteiger partial charge in [-0.15, -0.1) is 0 Å². The number of hydrogen-bond acceptors (Lipinski definition) is 3. The van der Waals surface area contributed by atoms with Gasteiger partial charge in [-0.2, -0.15) is 0 Å². The average Bonchev–Trinajstić information content (AvgIpc) is 2.83. The van der Waals surface area contributed by atoms with Crippen molar-refractivity contribution in [2.75, 3.05) is 13.2 Å². The molecule has 104 valence electrons. The third-order valence-corrected chi connectivity index (χ3v) is 4.33. The van der Waals surface area contributed by atoms with Gasteiger partial charge in [-0.3, -0.25) is 0 Å². The molecule has 4 heteroatoms. The van der Waals surface area contributed by atoms with Crippen molar-refractivity contribution in [3.63, 3.8) is 0 Å². The zero-order chi connectivity index (χ0) is 13.2. The van der Waals surface area contributed by atoms with Crippen LogP contribution in [0.5, 0.6) is 5.75 Å². The van der Waals surface area contributed by atoms with Crippen molar-refractivity contribution in [1.82, 2.24) is 5.32 Å². The molecule has 0 spiro atoms. The quantitative estimate of drug-likeness (QED) is 0.876. The van der Waals surface area contributed by atoms with E-state index in [2.05, 4.69) is 11.4 Å². The minimum Gasteiger partial charge on any atom is -0.492 e. The highest BCUT2D eigenvalue weighted by atomic mass is 35.5. The Morgan fingerprint density at radius 2 is 2.21 bits per heavy atom. The van der Waals surface area contributed by atoms with Crippen molar-refractivity contribution < 1.29 is 9.84 Å². The molecule has 1 fully saturated rings. The van der Waals surface area contributed by atoms with E-state index in [1.54, 1.807) is 0 Å². The Labute approximate surface area is 118 Å². The van der Waals surface area contributed by atoms with Gasteiger partial charge < -0.3 is 15.2 Å². The average molecular weight is 282 g/mol. The first-order valence-electron chi connectivity index (χ1n) is 7.12. The van der Waals surface area contributed by atoms with Crippen molar-refractivity contribution >= 4 is 11.6 Å². The van der Waals surface area contributed by atoms with Crippen LogP contribution in [0.1, 0.15) is 42.9 Å². The molecule has 0 bridgehead atoms. The second-order valence-electron chi connectivity index (χ2n) is 5.44. The van der Waals surface area contributed by atoms with Crippen LogP contribution >= 0.6 is 11.6 Å². The minimum absolute atomic E-state index is 0.154. The molecule has 1 aromatic carbocycles. The summed E-state index contributed by atoms with van der Waals surface area (Å²) < 4.78 is 5.71. The van der Waals surface area contributed by atoms with E-state index in [1.165, 1.54) is 0 Å². The first-order chi connectivity index (χ1) is 9.25. The molecule has 0 amide bonds. The van der Waals surface area contributed by atoms with E-state index in [0.29, 0.717) is 5.02 Å². The van der Waals surface area contributed by atoms with Gasteiger partial charge >= 0.3 is 0 Å². The first kappa shape index (κ1) is 13.2. The van der Waals surface area contributed by atoms with Crippen LogP contribution in [0.25, 0.3) is 0 Å². The third-order valence-electron chi connectivity index (χ3n) is 4.05. The van der Waals surface area contributed by atoms with E-state index >= 15 is 0 Å². The fraction of sp³-hybridized carbons (Fsp3) is 0.600. The molecule has 2 aliphatic heterocycles. The predicted molar refractivity (Wildman–Crippen MR) is 75.9 cm³/mol. The highest BCUT2D eigenvalue weighted by Gasteiger charge is 2.25. The Balaban J connectivity index is 1.89. The number of rotatable bonds is 2. The topological polar surface area (TPSA) is 41.5 Å². The molecule has 2 unspecified atom stereocenters. The highest BCUT2D eigenvalue weighted by molar-refractivity contribution is 6.32. The van der Waals surface area contributed by atoms with Crippen LogP contribution in [0.3, 0.4) is 0 Å². The maximum atomic E-state index is 10.5. The van der Waals surface area contributed by atoms with Crippen molar-refractivity contribution in [2.45, 2.75) is 44.2 Å². The van der Waals surface area contributed by atoms with Gasteiger partial charge in [-0.25, -0.2) is 0 Å². The SMILES string of the molecule is OC(c1cc(Cl)c2c(c1)CCCCO2)C1CCCN1. The van der Waals surface area contributed by atoms with Crippen molar-refractivity contribution in [1.29, 1.82) is 0 Å². The van der Waals surface area contributed by atoms with Crippen LogP contribution in [0.2, 0.25) is 5.02 Å². The van der Waals surface area contributed by atoms with E-state index in [0.717, 1.165) is 62.1 Å². The summed E-state index contributed by atoms with van der Waals surface area (Å²) in [5.74, 6) is 0.814. The molecule has 2 heterocycles. The summed E-state index contributed by atoms with van der Waals surface area (Å²) in [4.78, 5) is 0. The number of halogens is 1. The largest absolute Gasteiger partial charge is 0.492 e. The number of aliphatic hydroxyl groups is 1. The Morgan fingerprint density at radius 3 is 3.00 bits per heavy atom. The van der Waals surface area contributed by atoms with Gasteiger partial charge in [0.25, 0.3) is 0 Å². The van der Waals surface area contributed by atoms with Crippen LogP contribution in [-0.2, 0) is 6.42 Å². The summed E-state index contributed by atoms with van der Waals surface area (Å²) in [6, 6.07) is 4.08. The van der Waals surface area contributed by atoms with Gasteiger partial charge in [0.2, 0.25) is 0 Å². The fourth-order valence-corrected chi connectivity index (χ4v) is 3.30. The van der Waals surface area contributed by atoms with Crippen LogP contribution < -0.4 is 10.1 Å². The molecule has 3 rings (SSSR count). The highest BCUT2D eigenvalue weighted by Crippen LogP contribution is 2.36. The number of ether oxygens (including phenoxy) is 1. The molecular formula is C15H20ClNO2. The van der Waals surface area contributed by atoms with E-state index < -0.39 is 6.10 Å². The standard InChI is InChI=1S/C15H20ClNO2/c16-12-9-11(14(18)13-5-3-6-17-13)8-10-4-1-2-7-19-15(10)12/h8-9,13-14,17-18H,1-7H2. The summed E-state index contributed by atoms with van der Waals surface area (Å²) in [5, 5.41) is 14.4. The van der Waals surface area contributed by atoms with E-state index in [-0.39, 0.29) is 6.04 Å². The molecule has 19 heavy (non-hydrogen) atoms. The summed E-state index contributed by atoms with van der Waals surface area (Å²) >= 11 is 6.31. The summed E-state index contributed by atoms with van der Waals surface area (Å²) in [7, 11) is 0. The number of aliphatic hydroxyl groups excluding tert-OH is 1. The van der Waals surface area contributed by atoms with Crippen LogP contribution in [0.15, 0.2) is 12.1 Å². The van der Waals surface area contributed by atoms with Crippen LogP contribution in [-0.4, -0.2) is 24.3 Å². The normalized spacial score (nSPS) is 24.4. The molecule has 0 radical (unpaired) electrons. The minimum atomic E-state index is -0.478. The molecular weight excluding hydrogens is 262 g/mol. The zero-order valence-electron chi connectivity index (χ0n) is 11.0. The lowest BCUT2D eigenvalue weighted by atomic mass is 9.97. The van der Waals surface area contributed by atoms with Crippen LogP contribution in [0.4, 0.5) is 0 Å². The molecule has 1 saturated heterocycles. The lowest BCUT2D eigenvalue weighted by Crippen LogP contribution is -2.28. The van der Waals surface area contributed by atoms with Gasteiger partial charge in [0.15, 0.2) is 0 Å². The van der Waals surface area contributed by atoms with E-state index in [4.69, 9.17) is 16.3 Å². The lowest BCUT2D eigenvalue weighted by molar-refractivity contribution is 0.137. The van der Waals surface area contributed by atoms with Gasteiger partial charge in [0.1, 0.15) is 5.75 Å². The molecule has 0 aromatic heterocycles. The Bertz CT molecular complexity index is 458. The predicted octanol–water partition coefficient (Wildman–Crippen LogP) is 2.84. The summed E-state index contributed by atoms with van der Waals surface area (Å²) in [6.45, 7) is 1.72.